The van der Waals surface area contributed by atoms with Crippen molar-refractivity contribution in [3.05, 3.63) is 23.8 Å². The zero-order chi connectivity index (χ0) is 13.3. The van der Waals surface area contributed by atoms with E-state index in [1.165, 1.54) is 5.56 Å². The molecule has 0 aromatic heterocycles. The molecule has 2 rings (SSSR count). The topological polar surface area (TPSA) is 41.6 Å². The summed E-state index contributed by atoms with van der Waals surface area (Å²) in [6.45, 7) is 6.57. The highest BCUT2D eigenvalue weighted by molar-refractivity contribution is 5.88. The molecule has 0 bridgehead atoms. The Morgan fingerprint density at radius 1 is 1.39 bits per heavy atom. The molecule has 1 aromatic rings. The molecule has 1 aliphatic rings. The van der Waals surface area contributed by atoms with Gasteiger partial charge in [-0.25, -0.2) is 4.79 Å². The molecule has 0 unspecified atom stereocenters. The fourth-order valence-corrected chi connectivity index (χ4v) is 1.94. The van der Waals surface area contributed by atoms with E-state index in [2.05, 4.69) is 5.32 Å². The number of nitrogens with zero attached hydrogens (tertiary/aromatic N) is 1. The highest BCUT2D eigenvalue weighted by atomic mass is 16.6. The van der Waals surface area contributed by atoms with E-state index in [-0.39, 0.29) is 6.09 Å². The summed E-state index contributed by atoms with van der Waals surface area (Å²) in [6.07, 6.45) is 0.680. The molecule has 0 aliphatic carbocycles. The minimum atomic E-state index is -0.469. The van der Waals surface area contributed by atoms with E-state index in [4.69, 9.17) is 4.74 Å². The highest BCUT2D eigenvalue weighted by Gasteiger charge is 2.21. The maximum Gasteiger partial charge on any atom is 0.414 e. The van der Waals surface area contributed by atoms with Gasteiger partial charge in [-0.15, -0.1) is 0 Å². The molecular weight excluding hydrogens is 228 g/mol. The van der Waals surface area contributed by atoms with Gasteiger partial charge in [0.25, 0.3) is 0 Å². The minimum Gasteiger partial charge on any atom is -0.443 e. The Balaban J connectivity index is 2.14. The second-order valence-electron chi connectivity index (χ2n) is 5.56. The van der Waals surface area contributed by atoms with Gasteiger partial charge in [0.1, 0.15) is 5.60 Å². The molecule has 4 nitrogen and oxygen atoms in total. The Labute approximate surface area is 108 Å². The lowest BCUT2D eigenvalue weighted by atomic mass is 10.1. The van der Waals surface area contributed by atoms with Crippen LogP contribution in [0.3, 0.4) is 0 Å². The third kappa shape index (κ3) is 2.75. The average Bonchev–Trinajstić information content (AvgIpc) is 2.72. The standard InChI is InChI=1S/C14H20N2O2/c1-14(2,3)18-13(17)16(4)11-5-6-12-10(9-11)7-8-15-12/h5-6,9,15H,7-8H2,1-4H3. The van der Waals surface area contributed by atoms with Crippen molar-refractivity contribution in [1.82, 2.24) is 0 Å². The number of amides is 1. The van der Waals surface area contributed by atoms with Crippen molar-refractivity contribution in [2.45, 2.75) is 32.8 Å². The van der Waals surface area contributed by atoms with Gasteiger partial charge in [0.05, 0.1) is 0 Å². The van der Waals surface area contributed by atoms with E-state index in [1.54, 1.807) is 11.9 Å². The Kier molecular flexibility index (Phi) is 3.20. The molecule has 1 aliphatic heterocycles. The zero-order valence-corrected chi connectivity index (χ0v) is 11.4. The number of benzene rings is 1. The Morgan fingerprint density at radius 3 is 2.78 bits per heavy atom. The summed E-state index contributed by atoms with van der Waals surface area (Å²) >= 11 is 0. The Hall–Kier alpha value is -1.71. The maximum absolute atomic E-state index is 11.9. The monoisotopic (exact) mass is 248 g/mol. The van der Waals surface area contributed by atoms with E-state index in [1.807, 2.05) is 39.0 Å². The second kappa shape index (κ2) is 4.52. The number of hydrogen-bond acceptors (Lipinski definition) is 3. The van der Waals surface area contributed by atoms with Gasteiger partial charge < -0.3 is 10.1 Å². The fraction of sp³-hybridized carbons (Fsp3) is 0.500. The average molecular weight is 248 g/mol. The molecule has 0 saturated heterocycles. The van der Waals surface area contributed by atoms with Crippen LogP contribution in [-0.2, 0) is 11.2 Å². The van der Waals surface area contributed by atoms with Gasteiger partial charge in [0.2, 0.25) is 0 Å². The largest absolute Gasteiger partial charge is 0.443 e. The van der Waals surface area contributed by atoms with Crippen molar-refractivity contribution in [3.8, 4) is 0 Å². The molecule has 0 fully saturated rings. The first-order valence-corrected chi connectivity index (χ1v) is 6.20. The van der Waals surface area contributed by atoms with E-state index < -0.39 is 5.60 Å². The van der Waals surface area contributed by atoms with Crippen LogP contribution in [0.4, 0.5) is 16.2 Å². The van der Waals surface area contributed by atoms with Crippen molar-refractivity contribution in [2.24, 2.45) is 0 Å². The maximum atomic E-state index is 11.9. The van der Waals surface area contributed by atoms with Crippen LogP contribution >= 0.6 is 0 Å². The van der Waals surface area contributed by atoms with Crippen LogP contribution in [-0.4, -0.2) is 25.3 Å². The van der Waals surface area contributed by atoms with Crippen LogP contribution in [0.15, 0.2) is 18.2 Å². The number of ether oxygens (including phenoxy) is 1. The number of anilines is 2. The lowest BCUT2D eigenvalue weighted by Crippen LogP contribution is -2.34. The summed E-state index contributed by atoms with van der Waals surface area (Å²) in [5.41, 5.74) is 2.81. The van der Waals surface area contributed by atoms with Crippen LogP contribution in [0, 0.1) is 0 Å². The summed E-state index contributed by atoms with van der Waals surface area (Å²) in [5, 5.41) is 3.30. The Morgan fingerprint density at radius 2 is 2.11 bits per heavy atom. The predicted molar refractivity (Wildman–Crippen MR) is 73.3 cm³/mol. The summed E-state index contributed by atoms with van der Waals surface area (Å²) in [4.78, 5) is 13.5. The third-order valence-corrected chi connectivity index (χ3v) is 2.85. The molecule has 1 amide bonds. The van der Waals surface area contributed by atoms with Crippen molar-refractivity contribution in [3.63, 3.8) is 0 Å². The molecular formula is C14H20N2O2. The van der Waals surface area contributed by atoms with Crippen LogP contribution in [0.5, 0.6) is 0 Å². The van der Waals surface area contributed by atoms with E-state index >= 15 is 0 Å². The number of fused-ring (bicyclic) bond motifs is 1. The molecule has 1 N–H and O–H groups in total. The molecule has 0 atom stereocenters. The summed E-state index contributed by atoms with van der Waals surface area (Å²) in [7, 11) is 1.73. The van der Waals surface area contributed by atoms with Crippen molar-refractivity contribution in [2.75, 3.05) is 23.8 Å². The van der Waals surface area contributed by atoms with Gasteiger partial charge in [-0.2, -0.15) is 0 Å². The van der Waals surface area contributed by atoms with Gasteiger partial charge in [0, 0.05) is 25.0 Å². The van der Waals surface area contributed by atoms with Crippen LogP contribution < -0.4 is 10.2 Å². The van der Waals surface area contributed by atoms with Gasteiger partial charge >= 0.3 is 6.09 Å². The normalized spacial score (nSPS) is 13.8. The van der Waals surface area contributed by atoms with Crippen molar-refractivity contribution < 1.29 is 9.53 Å². The lowest BCUT2D eigenvalue weighted by Gasteiger charge is -2.25. The molecule has 1 aromatic carbocycles. The Bertz CT molecular complexity index is 463. The van der Waals surface area contributed by atoms with Crippen LogP contribution in [0.25, 0.3) is 0 Å². The van der Waals surface area contributed by atoms with Crippen molar-refractivity contribution in [1.29, 1.82) is 0 Å². The summed E-state index contributed by atoms with van der Waals surface area (Å²) in [5.74, 6) is 0. The van der Waals surface area contributed by atoms with E-state index in [0.717, 1.165) is 24.3 Å². The molecule has 0 radical (unpaired) electrons. The summed E-state index contributed by atoms with van der Waals surface area (Å²) in [6, 6.07) is 5.98. The highest BCUT2D eigenvalue weighted by Crippen LogP contribution is 2.27. The van der Waals surface area contributed by atoms with Crippen LogP contribution in [0.2, 0.25) is 0 Å². The third-order valence-electron chi connectivity index (χ3n) is 2.85. The number of carbonyl (C=O) groups is 1. The first-order chi connectivity index (χ1) is 8.37. The molecule has 0 saturated carbocycles. The molecule has 1 heterocycles. The number of nitrogens with one attached hydrogen (secondary N) is 1. The first-order valence-electron chi connectivity index (χ1n) is 6.20. The van der Waals surface area contributed by atoms with Gasteiger partial charge in [-0.3, -0.25) is 4.90 Å². The van der Waals surface area contributed by atoms with E-state index in [9.17, 15) is 4.79 Å². The van der Waals surface area contributed by atoms with Gasteiger partial charge in [-0.1, -0.05) is 0 Å². The SMILES string of the molecule is CN(C(=O)OC(C)(C)C)c1ccc2c(c1)CCN2. The van der Waals surface area contributed by atoms with E-state index in [0.29, 0.717) is 0 Å². The molecule has 98 valence electrons. The van der Waals surface area contributed by atoms with Crippen LogP contribution in [0.1, 0.15) is 26.3 Å². The zero-order valence-electron chi connectivity index (χ0n) is 11.4. The minimum absolute atomic E-state index is 0.326. The van der Waals surface area contributed by atoms with Gasteiger partial charge in [0.15, 0.2) is 0 Å². The molecule has 0 spiro atoms. The first kappa shape index (κ1) is 12.7. The smallest absolute Gasteiger partial charge is 0.414 e. The number of carbonyl (C=O) groups excluding carboxylic acids is 1. The second-order valence-corrected chi connectivity index (χ2v) is 5.56. The molecule has 18 heavy (non-hydrogen) atoms. The molecule has 4 heteroatoms. The summed E-state index contributed by atoms with van der Waals surface area (Å²) < 4.78 is 5.34. The quantitative estimate of drug-likeness (QED) is 0.830. The predicted octanol–water partition coefficient (Wildman–Crippen LogP) is 3.03. The van der Waals surface area contributed by atoms with Gasteiger partial charge in [-0.05, 0) is 51.0 Å². The lowest BCUT2D eigenvalue weighted by molar-refractivity contribution is 0.0589. The van der Waals surface area contributed by atoms with Crippen molar-refractivity contribution >= 4 is 17.5 Å². The fourth-order valence-electron chi connectivity index (χ4n) is 1.94. The number of rotatable bonds is 1. The number of hydrogen-bond donors (Lipinski definition) is 1.